The molecule has 22 heavy (non-hydrogen) atoms. The van der Waals surface area contributed by atoms with E-state index in [9.17, 15) is 14.4 Å². The number of alkyl carbamates (subject to hydrolysis) is 1. The Labute approximate surface area is 128 Å². The SMILES string of the molecule is C=CCOC(=O)NCCNC(=O)c1cccc(NC(C)=O)c1. The summed E-state index contributed by atoms with van der Waals surface area (Å²) in [5.74, 6) is -0.506. The van der Waals surface area contributed by atoms with Crippen molar-refractivity contribution in [2.45, 2.75) is 6.92 Å². The number of benzene rings is 1. The van der Waals surface area contributed by atoms with Crippen molar-refractivity contribution in [1.82, 2.24) is 10.6 Å². The van der Waals surface area contributed by atoms with Crippen LogP contribution in [0, 0.1) is 0 Å². The highest BCUT2D eigenvalue weighted by atomic mass is 16.5. The van der Waals surface area contributed by atoms with Crippen molar-refractivity contribution in [3.05, 3.63) is 42.5 Å². The zero-order valence-electron chi connectivity index (χ0n) is 12.3. The first-order valence-electron chi connectivity index (χ1n) is 6.70. The van der Waals surface area contributed by atoms with Crippen LogP contribution in [0.2, 0.25) is 0 Å². The molecule has 7 nitrogen and oxygen atoms in total. The van der Waals surface area contributed by atoms with Crippen molar-refractivity contribution in [1.29, 1.82) is 0 Å². The summed E-state index contributed by atoms with van der Waals surface area (Å²) in [4.78, 5) is 34.0. The number of hydrogen-bond acceptors (Lipinski definition) is 4. The molecule has 0 aliphatic carbocycles. The zero-order chi connectivity index (χ0) is 16.4. The van der Waals surface area contributed by atoms with Crippen molar-refractivity contribution in [3.8, 4) is 0 Å². The number of carbonyl (C=O) groups excluding carboxylic acids is 3. The van der Waals surface area contributed by atoms with E-state index in [4.69, 9.17) is 4.74 Å². The van der Waals surface area contributed by atoms with Crippen LogP contribution in [0.4, 0.5) is 10.5 Å². The lowest BCUT2D eigenvalue weighted by Gasteiger charge is -2.08. The lowest BCUT2D eigenvalue weighted by Crippen LogP contribution is -2.35. The smallest absolute Gasteiger partial charge is 0.407 e. The van der Waals surface area contributed by atoms with Gasteiger partial charge in [-0.25, -0.2) is 4.79 Å². The molecule has 0 fully saturated rings. The van der Waals surface area contributed by atoms with E-state index in [1.807, 2.05) is 0 Å². The largest absolute Gasteiger partial charge is 0.445 e. The molecule has 1 rings (SSSR count). The summed E-state index contributed by atoms with van der Waals surface area (Å²) in [6.07, 6.45) is 0.894. The minimum Gasteiger partial charge on any atom is -0.445 e. The summed E-state index contributed by atoms with van der Waals surface area (Å²) < 4.78 is 4.71. The van der Waals surface area contributed by atoms with Gasteiger partial charge in [-0.1, -0.05) is 18.7 Å². The number of nitrogens with one attached hydrogen (secondary N) is 3. The van der Waals surface area contributed by atoms with E-state index in [1.54, 1.807) is 24.3 Å². The number of anilines is 1. The second-order valence-corrected chi connectivity index (χ2v) is 4.33. The lowest BCUT2D eigenvalue weighted by atomic mass is 10.2. The summed E-state index contributed by atoms with van der Waals surface area (Å²) in [6.45, 7) is 5.45. The first kappa shape index (κ1) is 17.2. The molecule has 0 aromatic heterocycles. The van der Waals surface area contributed by atoms with Crippen LogP contribution in [0.15, 0.2) is 36.9 Å². The van der Waals surface area contributed by atoms with Crippen LogP contribution < -0.4 is 16.0 Å². The summed E-state index contributed by atoms with van der Waals surface area (Å²) in [7, 11) is 0. The lowest BCUT2D eigenvalue weighted by molar-refractivity contribution is -0.114. The van der Waals surface area contributed by atoms with Crippen molar-refractivity contribution >= 4 is 23.6 Å². The van der Waals surface area contributed by atoms with Gasteiger partial charge in [0.05, 0.1) is 0 Å². The number of carbonyl (C=O) groups is 3. The van der Waals surface area contributed by atoms with E-state index < -0.39 is 6.09 Å². The third-order valence-electron chi connectivity index (χ3n) is 2.46. The van der Waals surface area contributed by atoms with Crippen LogP contribution >= 0.6 is 0 Å². The highest BCUT2D eigenvalue weighted by Crippen LogP contribution is 2.10. The monoisotopic (exact) mass is 305 g/mol. The van der Waals surface area contributed by atoms with Gasteiger partial charge < -0.3 is 20.7 Å². The number of amides is 3. The molecule has 3 N–H and O–H groups in total. The molecule has 118 valence electrons. The molecule has 0 radical (unpaired) electrons. The Morgan fingerprint density at radius 1 is 1.23 bits per heavy atom. The molecule has 0 atom stereocenters. The van der Waals surface area contributed by atoms with Crippen LogP contribution in [-0.2, 0) is 9.53 Å². The van der Waals surface area contributed by atoms with E-state index in [0.29, 0.717) is 11.3 Å². The molecular formula is C15H19N3O4. The van der Waals surface area contributed by atoms with Gasteiger partial charge in [-0.3, -0.25) is 9.59 Å². The average Bonchev–Trinajstić information content (AvgIpc) is 2.49. The summed E-state index contributed by atoms with van der Waals surface area (Å²) in [5, 5.41) is 7.73. The third-order valence-corrected chi connectivity index (χ3v) is 2.46. The van der Waals surface area contributed by atoms with Gasteiger partial charge in [-0.2, -0.15) is 0 Å². The second-order valence-electron chi connectivity index (χ2n) is 4.33. The normalized spacial score (nSPS) is 9.50. The molecular weight excluding hydrogens is 286 g/mol. The Morgan fingerprint density at radius 2 is 1.95 bits per heavy atom. The maximum atomic E-state index is 11.9. The highest BCUT2D eigenvalue weighted by Gasteiger charge is 2.06. The van der Waals surface area contributed by atoms with Crippen LogP contribution in [0.3, 0.4) is 0 Å². The average molecular weight is 305 g/mol. The molecule has 0 bridgehead atoms. The van der Waals surface area contributed by atoms with Crippen LogP contribution in [-0.4, -0.2) is 37.6 Å². The second kappa shape index (κ2) is 9.17. The van der Waals surface area contributed by atoms with Gasteiger partial charge >= 0.3 is 6.09 Å². The quantitative estimate of drug-likeness (QED) is 0.522. The van der Waals surface area contributed by atoms with Crippen molar-refractivity contribution in [3.63, 3.8) is 0 Å². The van der Waals surface area contributed by atoms with Crippen molar-refractivity contribution in [2.75, 3.05) is 25.0 Å². The Hall–Kier alpha value is -2.83. The predicted molar refractivity (Wildman–Crippen MR) is 82.6 cm³/mol. The molecule has 0 heterocycles. The van der Waals surface area contributed by atoms with Crippen molar-refractivity contribution < 1.29 is 19.1 Å². The van der Waals surface area contributed by atoms with Crippen LogP contribution in [0.25, 0.3) is 0 Å². The van der Waals surface area contributed by atoms with Gasteiger partial charge in [0.1, 0.15) is 6.61 Å². The number of rotatable bonds is 7. The van der Waals surface area contributed by atoms with Crippen molar-refractivity contribution in [2.24, 2.45) is 0 Å². The van der Waals surface area contributed by atoms with Gasteiger partial charge in [0, 0.05) is 31.3 Å². The maximum absolute atomic E-state index is 11.9. The Morgan fingerprint density at radius 3 is 2.64 bits per heavy atom. The van der Waals surface area contributed by atoms with E-state index in [0.717, 1.165) is 0 Å². The van der Waals surface area contributed by atoms with Gasteiger partial charge in [0.25, 0.3) is 5.91 Å². The summed E-state index contributed by atoms with van der Waals surface area (Å²) >= 11 is 0. The molecule has 0 saturated heterocycles. The molecule has 7 heteroatoms. The Kier molecular flexibility index (Phi) is 7.18. The van der Waals surface area contributed by atoms with E-state index in [2.05, 4.69) is 22.5 Å². The summed E-state index contributed by atoms with van der Waals surface area (Å²) in [6, 6.07) is 6.56. The van der Waals surface area contributed by atoms with E-state index in [1.165, 1.54) is 13.0 Å². The molecule has 0 unspecified atom stereocenters. The molecule has 1 aromatic rings. The first-order valence-corrected chi connectivity index (χ1v) is 6.70. The fourth-order valence-electron chi connectivity index (χ4n) is 1.57. The van der Waals surface area contributed by atoms with E-state index in [-0.39, 0.29) is 31.5 Å². The molecule has 0 saturated carbocycles. The fourth-order valence-corrected chi connectivity index (χ4v) is 1.57. The van der Waals surface area contributed by atoms with Crippen LogP contribution in [0.5, 0.6) is 0 Å². The Balaban J connectivity index is 2.37. The number of ether oxygens (including phenoxy) is 1. The van der Waals surface area contributed by atoms with Gasteiger partial charge in [0.15, 0.2) is 0 Å². The molecule has 3 amide bonds. The number of hydrogen-bond donors (Lipinski definition) is 3. The predicted octanol–water partition coefficient (Wildman–Crippen LogP) is 1.29. The van der Waals surface area contributed by atoms with Gasteiger partial charge in [0.2, 0.25) is 5.91 Å². The minimum absolute atomic E-state index is 0.133. The Bertz CT molecular complexity index is 557. The topological polar surface area (TPSA) is 96.5 Å². The molecule has 0 aliphatic rings. The molecule has 0 spiro atoms. The van der Waals surface area contributed by atoms with E-state index >= 15 is 0 Å². The standard InChI is InChI=1S/C15H19N3O4/c1-3-9-22-15(21)17-8-7-16-14(20)12-5-4-6-13(10-12)18-11(2)19/h3-6,10H,1,7-9H2,2H3,(H,16,20)(H,17,21)(H,18,19). The maximum Gasteiger partial charge on any atom is 0.407 e. The van der Waals surface area contributed by atoms with Gasteiger partial charge in [-0.15, -0.1) is 0 Å². The third kappa shape index (κ3) is 6.56. The van der Waals surface area contributed by atoms with Gasteiger partial charge in [-0.05, 0) is 18.2 Å². The molecule has 0 aliphatic heterocycles. The first-order chi connectivity index (χ1) is 10.5. The zero-order valence-corrected chi connectivity index (χ0v) is 12.3. The molecule has 1 aromatic carbocycles. The summed E-state index contributed by atoms with van der Waals surface area (Å²) in [5.41, 5.74) is 0.965. The minimum atomic E-state index is -0.568. The van der Waals surface area contributed by atoms with Crippen LogP contribution in [0.1, 0.15) is 17.3 Å². The fraction of sp³-hybridized carbons (Fsp3) is 0.267. The highest BCUT2D eigenvalue weighted by molar-refractivity contribution is 5.96.